The Kier molecular flexibility index (Phi) is 3.22. The maximum atomic E-state index is 12.4. The molecule has 22 heavy (non-hydrogen) atoms. The Hall–Kier alpha value is -2.14. The zero-order chi connectivity index (χ0) is 15.0. The highest BCUT2D eigenvalue weighted by atomic mass is 16.3. The van der Waals surface area contributed by atoms with E-state index in [9.17, 15) is 4.79 Å². The van der Waals surface area contributed by atoms with E-state index in [0.29, 0.717) is 6.42 Å². The van der Waals surface area contributed by atoms with Gasteiger partial charge >= 0.3 is 0 Å². The van der Waals surface area contributed by atoms with E-state index in [1.54, 1.807) is 18.7 Å². The summed E-state index contributed by atoms with van der Waals surface area (Å²) in [5, 5.41) is 0. The number of pyridine rings is 1. The molecule has 2 aromatic heterocycles. The minimum Gasteiger partial charge on any atom is -0.472 e. The average molecular weight is 297 g/mol. The van der Waals surface area contributed by atoms with Gasteiger partial charge in [0.25, 0.3) is 0 Å². The standard InChI is InChI=1S/C17H19N3O2/c21-16-9-17(13-20(16)15-3-1-2-6-18-15)5-7-19(12-17)10-14-4-8-22-11-14/h1-4,6,8,11H,5,7,9-10,12-13H2. The van der Waals surface area contributed by atoms with Gasteiger partial charge in [-0.1, -0.05) is 6.07 Å². The quantitative estimate of drug-likeness (QED) is 0.872. The van der Waals surface area contributed by atoms with Crippen LogP contribution in [0.4, 0.5) is 5.82 Å². The number of carbonyl (C=O) groups is 1. The molecule has 4 heterocycles. The number of furan rings is 1. The smallest absolute Gasteiger partial charge is 0.228 e. The monoisotopic (exact) mass is 297 g/mol. The summed E-state index contributed by atoms with van der Waals surface area (Å²) >= 11 is 0. The highest BCUT2D eigenvalue weighted by Gasteiger charge is 2.47. The molecule has 4 rings (SSSR count). The minimum atomic E-state index is 0.0817. The molecule has 2 aromatic rings. The van der Waals surface area contributed by atoms with Crippen molar-refractivity contribution in [2.45, 2.75) is 19.4 Å². The molecule has 1 amide bonds. The van der Waals surface area contributed by atoms with Gasteiger partial charge in [-0.15, -0.1) is 0 Å². The lowest BCUT2D eigenvalue weighted by Gasteiger charge is -2.23. The van der Waals surface area contributed by atoms with Gasteiger partial charge in [-0.05, 0) is 31.2 Å². The molecule has 0 radical (unpaired) electrons. The van der Waals surface area contributed by atoms with Crippen LogP contribution in [0.15, 0.2) is 47.4 Å². The number of carbonyl (C=O) groups excluding carboxylic acids is 1. The zero-order valence-electron chi connectivity index (χ0n) is 12.4. The molecular weight excluding hydrogens is 278 g/mol. The van der Waals surface area contributed by atoms with Crippen LogP contribution in [0.25, 0.3) is 0 Å². The van der Waals surface area contributed by atoms with E-state index in [1.807, 2.05) is 29.2 Å². The van der Waals surface area contributed by atoms with Crippen LogP contribution in [0, 0.1) is 5.41 Å². The van der Waals surface area contributed by atoms with Crippen LogP contribution >= 0.6 is 0 Å². The molecule has 2 aliphatic rings. The minimum absolute atomic E-state index is 0.0817. The van der Waals surface area contributed by atoms with Crippen molar-refractivity contribution in [1.82, 2.24) is 9.88 Å². The number of likely N-dealkylation sites (tertiary alicyclic amines) is 1. The van der Waals surface area contributed by atoms with Crippen molar-refractivity contribution in [3.05, 3.63) is 48.6 Å². The molecule has 2 fully saturated rings. The second-order valence-electron chi connectivity index (χ2n) is 6.44. The highest BCUT2D eigenvalue weighted by Crippen LogP contribution is 2.41. The van der Waals surface area contributed by atoms with Gasteiger partial charge in [0, 0.05) is 43.2 Å². The Bertz CT molecular complexity index is 656. The average Bonchev–Trinajstić information content (AvgIpc) is 3.23. The van der Waals surface area contributed by atoms with Crippen molar-refractivity contribution < 1.29 is 9.21 Å². The first kappa shape index (κ1) is 13.5. The van der Waals surface area contributed by atoms with Crippen LogP contribution in [-0.4, -0.2) is 35.4 Å². The number of hydrogen-bond donors (Lipinski definition) is 0. The summed E-state index contributed by atoms with van der Waals surface area (Å²) in [6.45, 7) is 3.68. The van der Waals surface area contributed by atoms with Crippen LogP contribution in [0.3, 0.4) is 0 Å². The third kappa shape index (κ3) is 2.41. The molecule has 0 bridgehead atoms. The summed E-state index contributed by atoms with van der Waals surface area (Å²) in [7, 11) is 0. The van der Waals surface area contributed by atoms with Crippen molar-refractivity contribution in [1.29, 1.82) is 0 Å². The van der Waals surface area contributed by atoms with Gasteiger partial charge in [-0.25, -0.2) is 4.98 Å². The number of hydrogen-bond acceptors (Lipinski definition) is 4. The van der Waals surface area contributed by atoms with Crippen LogP contribution < -0.4 is 4.90 Å². The van der Waals surface area contributed by atoms with Gasteiger partial charge in [0.2, 0.25) is 5.91 Å². The Morgan fingerprint density at radius 3 is 3.00 bits per heavy atom. The predicted octanol–water partition coefficient (Wildman–Crippen LogP) is 2.30. The summed E-state index contributed by atoms with van der Waals surface area (Å²) in [6, 6.07) is 7.72. The predicted molar refractivity (Wildman–Crippen MR) is 82.2 cm³/mol. The second-order valence-corrected chi connectivity index (χ2v) is 6.44. The van der Waals surface area contributed by atoms with Gasteiger partial charge < -0.3 is 4.42 Å². The number of amides is 1. The summed E-state index contributed by atoms with van der Waals surface area (Å²) < 4.78 is 5.14. The molecule has 0 N–H and O–H groups in total. The van der Waals surface area contributed by atoms with Crippen LogP contribution in [0.2, 0.25) is 0 Å². The van der Waals surface area contributed by atoms with E-state index < -0.39 is 0 Å². The van der Waals surface area contributed by atoms with Crippen molar-refractivity contribution in [2.75, 3.05) is 24.5 Å². The molecule has 114 valence electrons. The lowest BCUT2D eigenvalue weighted by molar-refractivity contribution is -0.117. The number of nitrogens with zero attached hydrogens (tertiary/aromatic N) is 3. The van der Waals surface area contributed by atoms with Gasteiger partial charge in [-0.3, -0.25) is 14.6 Å². The fourth-order valence-electron chi connectivity index (χ4n) is 3.69. The van der Waals surface area contributed by atoms with Crippen molar-refractivity contribution in [2.24, 2.45) is 5.41 Å². The molecule has 1 unspecified atom stereocenters. The normalized spacial score (nSPS) is 25.5. The first-order valence-electron chi connectivity index (χ1n) is 7.69. The molecule has 2 saturated heterocycles. The lowest BCUT2D eigenvalue weighted by atomic mass is 9.86. The summed E-state index contributed by atoms with van der Waals surface area (Å²) in [5.74, 6) is 0.974. The second kappa shape index (κ2) is 5.25. The molecule has 2 aliphatic heterocycles. The number of anilines is 1. The number of aromatic nitrogens is 1. The first-order valence-corrected chi connectivity index (χ1v) is 7.69. The van der Waals surface area contributed by atoms with Gasteiger partial charge in [0.1, 0.15) is 5.82 Å². The maximum Gasteiger partial charge on any atom is 0.228 e. The summed E-state index contributed by atoms with van der Waals surface area (Å²) in [4.78, 5) is 21.0. The zero-order valence-corrected chi connectivity index (χ0v) is 12.4. The van der Waals surface area contributed by atoms with E-state index in [0.717, 1.165) is 38.4 Å². The molecule has 5 nitrogen and oxygen atoms in total. The summed E-state index contributed by atoms with van der Waals surface area (Å²) in [6.07, 6.45) is 6.95. The number of rotatable bonds is 3. The summed E-state index contributed by atoms with van der Waals surface area (Å²) in [5.41, 5.74) is 1.28. The van der Waals surface area contributed by atoms with Crippen LogP contribution in [0.1, 0.15) is 18.4 Å². The van der Waals surface area contributed by atoms with Gasteiger partial charge in [-0.2, -0.15) is 0 Å². The molecule has 5 heteroatoms. The molecule has 0 aromatic carbocycles. The molecule has 1 spiro atoms. The van der Waals surface area contributed by atoms with E-state index in [-0.39, 0.29) is 11.3 Å². The largest absolute Gasteiger partial charge is 0.472 e. The fraction of sp³-hybridized carbons (Fsp3) is 0.412. The van der Waals surface area contributed by atoms with E-state index in [1.165, 1.54) is 5.56 Å². The van der Waals surface area contributed by atoms with Crippen molar-refractivity contribution in [3.8, 4) is 0 Å². The third-order valence-corrected chi connectivity index (χ3v) is 4.75. The topological polar surface area (TPSA) is 49.6 Å². The Labute approximate surface area is 129 Å². The Morgan fingerprint density at radius 1 is 1.27 bits per heavy atom. The van der Waals surface area contributed by atoms with E-state index in [4.69, 9.17) is 4.42 Å². The molecule has 0 saturated carbocycles. The van der Waals surface area contributed by atoms with Crippen molar-refractivity contribution >= 4 is 11.7 Å². The molecule has 0 aliphatic carbocycles. The Balaban J connectivity index is 1.46. The van der Waals surface area contributed by atoms with Crippen molar-refractivity contribution in [3.63, 3.8) is 0 Å². The van der Waals surface area contributed by atoms with E-state index in [2.05, 4.69) is 9.88 Å². The fourth-order valence-corrected chi connectivity index (χ4v) is 3.69. The van der Waals surface area contributed by atoms with Crippen LogP contribution in [0.5, 0.6) is 0 Å². The van der Waals surface area contributed by atoms with Gasteiger partial charge in [0.05, 0.1) is 12.5 Å². The lowest BCUT2D eigenvalue weighted by Crippen LogP contribution is -2.31. The van der Waals surface area contributed by atoms with E-state index >= 15 is 0 Å². The first-order chi connectivity index (χ1) is 10.7. The maximum absolute atomic E-state index is 12.4. The third-order valence-electron chi connectivity index (χ3n) is 4.75. The van der Waals surface area contributed by atoms with Gasteiger partial charge in [0.15, 0.2) is 0 Å². The molecule has 1 atom stereocenters. The highest BCUT2D eigenvalue weighted by molar-refractivity contribution is 5.95. The Morgan fingerprint density at radius 2 is 2.23 bits per heavy atom. The van der Waals surface area contributed by atoms with Crippen LogP contribution in [-0.2, 0) is 11.3 Å². The SMILES string of the molecule is O=C1CC2(CCN(Cc3ccoc3)C2)CN1c1ccccn1. The molecular formula is C17H19N3O2.